The number of amides is 2. The fraction of sp³-hybridized carbons (Fsp3) is 0.273. The van der Waals surface area contributed by atoms with Crippen LogP contribution in [0.25, 0.3) is 0 Å². The number of nitrogens with one attached hydrogen (secondary N) is 2. The number of hydrogen-bond acceptors (Lipinski definition) is 3. The number of urea groups is 1. The van der Waals surface area contributed by atoms with Crippen molar-refractivity contribution in [1.29, 1.82) is 0 Å². The van der Waals surface area contributed by atoms with E-state index in [4.69, 9.17) is 11.6 Å². The van der Waals surface area contributed by atoms with Crippen LogP contribution in [-0.4, -0.2) is 25.2 Å². The summed E-state index contributed by atoms with van der Waals surface area (Å²) in [6, 6.07) is 5.44. The van der Waals surface area contributed by atoms with Crippen LogP contribution in [0.5, 0.6) is 0 Å². The quantitative estimate of drug-likeness (QED) is 0.813. The van der Waals surface area contributed by atoms with E-state index in [1.165, 1.54) is 14.0 Å². The summed E-state index contributed by atoms with van der Waals surface area (Å²) in [6.07, 6.45) is 0. The van der Waals surface area contributed by atoms with Gasteiger partial charge in [0.25, 0.3) is 0 Å². The van der Waals surface area contributed by atoms with Crippen molar-refractivity contribution in [2.24, 2.45) is 0 Å². The smallest absolute Gasteiger partial charge is 0.328 e. The summed E-state index contributed by atoms with van der Waals surface area (Å²) >= 11 is 5.70. The van der Waals surface area contributed by atoms with Crippen molar-refractivity contribution in [3.05, 3.63) is 29.3 Å². The lowest BCUT2D eigenvalue weighted by Gasteiger charge is -2.12. The molecule has 1 unspecified atom stereocenters. The molecule has 0 bridgehead atoms. The van der Waals surface area contributed by atoms with Gasteiger partial charge in [0.1, 0.15) is 6.04 Å². The second-order valence-electron chi connectivity index (χ2n) is 3.35. The minimum Gasteiger partial charge on any atom is -0.467 e. The molecule has 0 radical (unpaired) electrons. The minimum absolute atomic E-state index is 0.481. The van der Waals surface area contributed by atoms with Gasteiger partial charge in [-0.1, -0.05) is 11.6 Å². The zero-order valence-electron chi connectivity index (χ0n) is 9.49. The fourth-order valence-electron chi connectivity index (χ4n) is 1.13. The van der Waals surface area contributed by atoms with Crippen LogP contribution in [0.4, 0.5) is 10.5 Å². The predicted molar refractivity (Wildman–Crippen MR) is 65.1 cm³/mol. The van der Waals surface area contributed by atoms with Gasteiger partial charge in [-0.2, -0.15) is 0 Å². The van der Waals surface area contributed by atoms with Crippen LogP contribution in [0.3, 0.4) is 0 Å². The van der Waals surface area contributed by atoms with Gasteiger partial charge >= 0.3 is 12.0 Å². The molecule has 92 valence electrons. The first-order chi connectivity index (χ1) is 8.02. The number of halogens is 1. The molecule has 0 aliphatic carbocycles. The SMILES string of the molecule is COC(=O)C(C)NC(=O)Nc1ccc(Cl)cc1. The first-order valence-electron chi connectivity index (χ1n) is 4.94. The summed E-state index contributed by atoms with van der Waals surface area (Å²) in [5.74, 6) is -0.503. The first-order valence-corrected chi connectivity index (χ1v) is 5.31. The maximum absolute atomic E-state index is 11.5. The summed E-state index contributed by atoms with van der Waals surface area (Å²) in [4.78, 5) is 22.5. The zero-order chi connectivity index (χ0) is 12.8. The highest BCUT2D eigenvalue weighted by Crippen LogP contribution is 2.13. The molecule has 0 saturated carbocycles. The molecule has 0 aliphatic rings. The molecule has 2 amide bonds. The molecular formula is C11H13ClN2O3. The van der Waals surface area contributed by atoms with Crippen LogP contribution in [0, 0.1) is 0 Å². The van der Waals surface area contributed by atoms with Gasteiger partial charge in [0.15, 0.2) is 0 Å². The van der Waals surface area contributed by atoms with E-state index in [2.05, 4.69) is 15.4 Å². The van der Waals surface area contributed by atoms with Gasteiger partial charge in [0.05, 0.1) is 7.11 Å². The average molecular weight is 257 g/mol. The number of ether oxygens (including phenoxy) is 1. The van der Waals surface area contributed by atoms with Crippen molar-refractivity contribution >= 4 is 29.3 Å². The lowest BCUT2D eigenvalue weighted by Crippen LogP contribution is -2.41. The minimum atomic E-state index is -0.702. The third-order valence-corrected chi connectivity index (χ3v) is 2.26. The topological polar surface area (TPSA) is 67.4 Å². The molecule has 5 nitrogen and oxygen atoms in total. The third-order valence-electron chi connectivity index (χ3n) is 2.00. The normalized spacial score (nSPS) is 11.5. The molecule has 0 spiro atoms. The molecule has 0 fully saturated rings. The molecule has 1 atom stereocenters. The van der Waals surface area contributed by atoms with Gasteiger partial charge in [0, 0.05) is 10.7 Å². The number of anilines is 1. The molecular weight excluding hydrogens is 244 g/mol. The number of carbonyl (C=O) groups is 2. The number of methoxy groups -OCH3 is 1. The van der Waals surface area contributed by atoms with Crippen LogP contribution in [0.15, 0.2) is 24.3 Å². The monoisotopic (exact) mass is 256 g/mol. The van der Waals surface area contributed by atoms with Gasteiger partial charge in [-0.25, -0.2) is 9.59 Å². The van der Waals surface area contributed by atoms with Crippen molar-refractivity contribution in [2.75, 3.05) is 12.4 Å². The van der Waals surface area contributed by atoms with Gasteiger partial charge in [-0.3, -0.25) is 0 Å². The van der Waals surface area contributed by atoms with Gasteiger partial charge < -0.3 is 15.4 Å². The van der Waals surface area contributed by atoms with E-state index in [1.807, 2.05) is 0 Å². The number of carbonyl (C=O) groups excluding carboxylic acids is 2. The predicted octanol–water partition coefficient (Wildman–Crippen LogP) is 2.02. The van der Waals surface area contributed by atoms with E-state index in [9.17, 15) is 9.59 Å². The van der Waals surface area contributed by atoms with Crippen LogP contribution >= 0.6 is 11.6 Å². The number of esters is 1. The molecule has 1 rings (SSSR count). The lowest BCUT2D eigenvalue weighted by molar-refractivity contribution is -0.142. The van der Waals surface area contributed by atoms with Crippen molar-refractivity contribution < 1.29 is 14.3 Å². The summed E-state index contributed by atoms with van der Waals surface area (Å²) in [5.41, 5.74) is 0.587. The Morgan fingerprint density at radius 2 is 1.88 bits per heavy atom. The fourth-order valence-corrected chi connectivity index (χ4v) is 1.26. The van der Waals surface area contributed by atoms with E-state index in [-0.39, 0.29) is 0 Å². The van der Waals surface area contributed by atoms with Crippen molar-refractivity contribution in [3.63, 3.8) is 0 Å². The second-order valence-corrected chi connectivity index (χ2v) is 3.79. The van der Waals surface area contributed by atoms with Gasteiger partial charge in [-0.15, -0.1) is 0 Å². The van der Waals surface area contributed by atoms with Crippen LogP contribution in [-0.2, 0) is 9.53 Å². The lowest BCUT2D eigenvalue weighted by atomic mass is 10.3. The number of rotatable bonds is 3. The Balaban J connectivity index is 2.50. The summed E-state index contributed by atoms with van der Waals surface area (Å²) in [5, 5.41) is 5.58. The molecule has 6 heteroatoms. The highest BCUT2D eigenvalue weighted by molar-refractivity contribution is 6.30. The highest BCUT2D eigenvalue weighted by Gasteiger charge is 2.15. The summed E-state index contributed by atoms with van der Waals surface area (Å²) < 4.78 is 4.48. The largest absolute Gasteiger partial charge is 0.467 e. The molecule has 2 N–H and O–H groups in total. The Morgan fingerprint density at radius 1 is 1.29 bits per heavy atom. The van der Waals surface area contributed by atoms with Crippen molar-refractivity contribution in [3.8, 4) is 0 Å². The third kappa shape index (κ3) is 4.32. The molecule has 0 saturated heterocycles. The average Bonchev–Trinajstić information content (AvgIpc) is 2.30. The standard InChI is InChI=1S/C11H13ClN2O3/c1-7(10(15)17-2)13-11(16)14-9-5-3-8(12)4-6-9/h3-7H,1-2H3,(H2,13,14,16). The number of hydrogen-bond donors (Lipinski definition) is 2. The van der Waals surface area contributed by atoms with E-state index in [0.717, 1.165) is 0 Å². The summed E-state index contributed by atoms with van der Waals surface area (Å²) in [6.45, 7) is 1.53. The van der Waals surface area contributed by atoms with E-state index in [0.29, 0.717) is 10.7 Å². The molecule has 0 aromatic heterocycles. The van der Waals surface area contributed by atoms with Gasteiger partial charge in [-0.05, 0) is 31.2 Å². The highest BCUT2D eigenvalue weighted by atomic mass is 35.5. The Labute approximate surface area is 104 Å². The first kappa shape index (κ1) is 13.3. The van der Waals surface area contributed by atoms with Crippen molar-refractivity contribution in [2.45, 2.75) is 13.0 Å². The molecule has 17 heavy (non-hydrogen) atoms. The second kappa shape index (κ2) is 6.10. The Kier molecular flexibility index (Phi) is 4.78. The molecule has 0 heterocycles. The van der Waals surface area contributed by atoms with E-state index in [1.54, 1.807) is 24.3 Å². The molecule has 0 aliphatic heterocycles. The Bertz CT molecular complexity index is 406. The number of benzene rings is 1. The van der Waals surface area contributed by atoms with Crippen molar-refractivity contribution in [1.82, 2.24) is 5.32 Å². The summed E-state index contributed by atoms with van der Waals surface area (Å²) in [7, 11) is 1.26. The van der Waals surface area contributed by atoms with Crippen LogP contribution in [0.1, 0.15) is 6.92 Å². The molecule has 1 aromatic carbocycles. The Morgan fingerprint density at radius 3 is 2.41 bits per heavy atom. The van der Waals surface area contributed by atoms with Crippen LogP contribution < -0.4 is 10.6 Å². The van der Waals surface area contributed by atoms with E-state index < -0.39 is 18.0 Å². The maximum atomic E-state index is 11.5. The van der Waals surface area contributed by atoms with Crippen LogP contribution in [0.2, 0.25) is 5.02 Å². The zero-order valence-corrected chi connectivity index (χ0v) is 10.2. The maximum Gasteiger partial charge on any atom is 0.328 e. The Hall–Kier alpha value is -1.75. The van der Waals surface area contributed by atoms with E-state index >= 15 is 0 Å². The van der Waals surface area contributed by atoms with Gasteiger partial charge in [0.2, 0.25) is 0 Å². The molecule has 1 aromatic rings.